The van der Waals surface area contributed by atoms with Crippen LogP contribution in [0.1, 0.15) is 30.0 Å². The standard InChI is InChI=1S/C21H22ClFN4O3S/c1-4-26(5-2)31(29,30)16-7-8-18(22)17(13-16)21(28)25-15-6-9-20(19(23)12-15)27-11-10-24-14(27)3/h6-13H,4-5H2,1-3H3,(H,25,28). The van der Waals surface area contributed by atoms with E-state index < -0.39 is 21.7 Å². The summed E-state index contributed by atoms with van der Waals surface area (Å²) >= 11 is 6.14. The summed E-state index contributed by atoms with van der Waals surface area (Å²) in [5.74, 6) is -0.580. The first kappa shape index (κ1) is 22.9. The number of halogens is 2. The van der Waals surface area contributed by atoms with Crippen molar-refractivity contribution in [2.45, 2.75) is 25.7 Å². The highest BCUT2D eigenvalue weighted by atomic mass is 35.5. The molecule has 0 fully saturated rings. The van der Waals surface area contributed by atoms with Crippen LogP contribution in [0.5, 0.6) is 0 Å². The SMILES string of the molecule is CCN(CC)S(=O)(=O)c1ccc(Cl)c(C(=O)Nc2ccc(-n3ccnc3C)c(F)c2)c1. The average molecular weight is 465 g/mol. The van der Waals surface area contributed by atoms with Gasteiger partial charge < -0.3 is 9.88 Å². The number of sulfonamides is 1. The van der Waals surface area contributed by atoms with E-state index in [4.69, 9.17) is 11.6 Å². The molecule has 7 nitrogen and oxygen atoms in total. The third-order valence-electron chi connectivity index (χ3n) is 4.82. The van der Waals surface area contributed by atoms with Crippen LogP contribution in [0.2, 0.25) is 5.02 Å². The van der Waals surface area contributed by atoms with E-state index in [9.17, 15) is 17.6 Å². The van der Waals surface area contributed by atoms with Crippen LogP contribution in [0.25, 0.3) is 5.69 Å². The summed E-state index contributed by atoms with van der Waals surface area (Å²) in [4.78, 5) is 16.8. The fraction of sp³-hybridized carbons (Fsp3) is 0.238. The molecule has 0 aliphatic rings. The molecule has 2 aromatic carbocycles. The number of nitrogens with zero attached hydrogens (tertiary/aromatic N) is 3. The Hall–Kier alpha value is -2.75. The van der Waals surface area contributed by atoms with Gasteiger partial charge in [0.05, 0.1) is 21.2 Å². The molecule has 3 rings (SSSR count). The fourth-order valence-electron chi connectivity index (χ4n) is 3.16. The summed E-state index contributed by atoms with van der Waals surface area (Å²) < 4.78 is 43.0. The van der Waals surface area contributed by atoms with Gasteiger partial charge in [0.1, 0.15) is 11.6 Å². The average Bonchev–Trinajstić information content (AvgIpc) is 3.14. The predicted molar refractivity (Wildman–Crippen MR) is 118 cm³/mol. The molecule has 0 atom stereocenters. The van der Waals surface area contributed by atoms with Crippen molar-refractivity contribution in [2.24, 2.45) is 0 Å². The smallest absolute Gasteiger partial charge is 0.257 e. The molecule has 1 amide bonds. The Morgan fingerprint density at radius 2 is 1.90 bits per heavy atom. The van der Waals surface area contributed by atoms with Gasteiger partial charge in [0.2, 0.25) is 10.0 Å². The number of nitrogens with one attached hydrogen (secondary N) is 1. The van der Waals surface area contributed by atoms with Crippen molar-refractivity contribution in [3.8, 4) is 5.69 Å². The number of benzene rings is 2. The van der Waals surface area contributed by atoms with E-state index in [1.165, 1.54) is 34.6 Å². The van der Waals surface area contributed by atoms with Crippen molar-refractivity contribution in [3.05, 3.63) is 71.0 Å². The maximum absolute atomic E-state index is 14.6. The molecule has 31 heavy (non-hydrogen) atoms. The van der Waals surface area contributed by atoms with E-state index in [0.29, 0.717) is 24.6 Å². The van der Waals surface area contributed by atoms with Gasteiger partial charge in [-0.15, -0.1) is 0 Å². The molecule has 0 bridgehead atoms. The summed E-state index contributed by atoms with van der Waals surface area (Å²) in [7, 11) is -3.76. The molecule has 0 spiro atoms. The van der Waals surface area contributed by atoms with E-state index >= 15 is 0 Å². The van der Waals surface area contributed by atoms with Gasteiger partial charge in [-0.05, 0) is 43.3 Å². The second-order valence-electron chi connectivity index (χ2n) is 6.70. The minimum Gasteiger partial charge on any atom is -0.322 e. The lowest BCUT2D eigenvalue weighted by Crippen LogP contribution is -2.30. The topological polar surface area (TPSA) is 84.3 Å². The van der Waals surface area contributed by atoms with Crippen molar-refractivity contribution < 1.29 is 17.6 Å². The summed E-state index contributed by atoms with van der Waals surface area (Å²) in [6, 6.07) is 8.18. The maximum Gasteiger partial charge on any atom is 0.257 e. The molecule has 1 N–H and O–H groups in total. The number of imidazole rings is 1. The van der Waals surface area contributed by atoms with E-state index in [1.54, 1.807) is 43.8 Å². The number of carbonyl (C=O) groups excluding carboxylic acids is 1. The second kappa shape index (κ2) is 9.17. The lowest BCUT2D eigenvalue weighted by Gasteiger charge is -2.19. The number of rotatable bonds is 7. The number of carbonyl (C=O) groups is 1. The van der Waals surface area contributed by atoms with Crippen LogP contribution in [0, 0.1) is 12.7 Å². The zero-order valence-corrected chi connectivity index (χ0v) is 18.8. The number of aryl methyl sites for hydroxylation is 1. The Morgan fingerprint density at radius 3 is 2.48 bits per heavy atom. The van der Waals surface area contributed by atoms with Crippen LogP contribution in [-0.4, -0.2) is 41.3 Å². The van der Waals surface area contributed by atoms with E-state index in [1.807, 2.05) is 0 Å². The molecular formula is C21H22ClFN4O3S. The van der Waals surface area contributed by atoms with Crippen LogP contribution >= 0.6 is 11.6 Å². The number of amides is 1. The van der Waals surface area contributed by atoms with E-state index in [0.717, 1.165) is 0 Å². The Bertz CT molecular complexity index is 1220. The molecule has 164 valence electrons. The first-order chi connectivity index (χ1) is 14.7. The highest BCUT2D eigenvalue weighted by Crippen LogP contribution is 2.25. The van der Waals surface area contributed by atoms with Crippen molar-refractivity contribution >= 4 is 33.2 Å². The quantitative estimate of drug-likeness (QED) is 0.566. The Morgan fingerprint density at radius 1 is 1.19 bits per heavy atom. The van der Waals surface area contributed by atoms with Gasteiger partial charge in [0, 0.05) is 31.2 Å². The van der Waals surface area contributed by atoms with Crippen molar-refractivity contribution in [1.29, 1.82) is 0 Å². The minimum atomic E-state index is -3.76. The third-order valence-corrected chi connectivity index (χ3v) is 7.19. The Balaban J connectivity index is 1.89. The summed E-state index contributed by atoms with van der Waals surface area (Å²) in [6.45, 7) is 5.80. The predicted octanol–water partition coefficient (Wildman–Crippen LogP) is 4.26. The molecule has 1 aromatic heterocycles. The molecule has 0 saturated heterocycles. The van der Waals surface area contributed by atoms with Crippen molar-refractivity contribution in [3.63, 3.8) is 0 Å². The zero-order chi connectivity index (χ0) is 22.8. The third kappa shape index (κ3) is 4.63. The highest BCUT2D eigenvalue weighted by Gasteiger charge is 2.24. The number of hydrogen-bond acceptors (Lipinski definition) is 4. The monoisotopic (exact) mass is 464 g/mol. The van der Waals surface area contributed by atoms with Gasteiger partial charge >= 0.3 is 0 Å². The molecule has 0 saturated carbocycles. The van der Waals surface area contributed by atoms with Gasteiger partial charge in [-0.1, -0.05) is 25.4 Å². The molecule has 3 aromatic rings. The number of hydrogen-bond donors (Lipinski definition) is 1. The second-order valence-corrected chi connectivity index (χ2v) is 9.04. The van der Waals surface area contributed by atoms with Gasteiger partial charge in [0.25, 0.3) is 5.91 Å². The fourth-order valence-corrected chi connectivity index (χ4v) is 4.85. The van der Waals surface area contributed by atoms with Gasteiger partial charge in [0.15, 0.2) is 0 Å². The number of anilines is 1. The largest absolute Gasteiger partial charge is 0.322 e. The summed E-state index contributed by atoms with van der Waals surface area (Å²) in [6.07, 6.45) is 3.19. The van der Waals surface area contributed by atoms with Crippen LogP contribution in [0.3, 0.4) is 0 Å². The Labute approximate surface area is 185 Å². The molecule has 10 heteroatoms. The minimum absolute atomic E-state index is 0.0233. The molecule has 0 aliphatic carbocycles. The maximum atomic E-state index is 14.6. The van der Waals surface area contributed by atoms with Gasteiger partial charge in [-0.25, -0.2) is 17.8 Å². The normalized spacial score (nSPS) is 11.7. The highest BCUT2D eigenvalue weighted by molar-refractivity contribution is 7.89. The molecule has 0 aliphatic heterocycles. The zero-order valence-electron chi connectivity index (χ0n) is 17.3. The van der Waals surface area contributed by atoms with Crippen LogP contribution in [0.15, 0.2) is 53.7 Å². The molecule has 1 heterocycles. The summed E-state index contributed by atoms with van der Waals surface area (Å²) in [5, 5.41) is 2.65. The molecule has 0 radical (unpaired) electrons. The van der Waals surface area contributed by atoms with E-state index in [2.05, 4.69) is 10.3 Å². The van der Waals surface area contributed by atoms with Crippen LogP contribution in [0.4, 0.5) is 10.1 Å². The first-order valence-corrected chi connectivity index (χ1v) is 11.4. The molecular weight excluding hydrogens is 443 g/mol. The van der Waals surface area contributed by atoms with Gasteiger partial charge in [-0.3, -0.25) is 4.79 Å². The first-order valence-electron chi connectivity index (χ1n) is 9.60. The van der Waals surface area contributed by atoms with Crippen LogP contribution in [-0.2, 0) is 10.0 Å². The van der Waals surface area contributed by atoms with Gasteiger partial charge in [-0.2, -0.15) is 4.31 Å². The van der Waals surface area contributed by atoms with Crippen LogP contribution < -0.4 is 5.32 Å². The lowest BCUT2D eigenvalue weighted by molar-refractivity contribution is 0.102. The number of aromatic nitrogens is 2. The molecule has 0 unspecified atom stereocenters. The van der Waals surface area contributed by atoms with Crippen molar-refractivity contribution in [1.82, 2.24) is 13.9 Å². The lowest BCUT2D eigenvalue weighted by atomic mass is 10.2. The van der Waals surface area contributed by atoms with Crippen molar-refractivity contribution in [2.75, 3.05) is 18.4 Å². The Kier molecular flexibility index (Phi) is 6.78. The van der Waals surface area contributed by atoms with E-state index in [-0.39, 0.29) is 21.2 Å². The summed E-state index contributed by atoms with van der Waals surface area (Å²) in [5.41, 5.74) is 0.472.